The van der Waals surface area contributed by atoms with Gasteiger partial charge >= 0.3 is 0 Å². The highest BCUT2D eigenvalue weighted by atomic mass is 32.2. The number of rotatable bonds is 7. The summed E-state index contributed by atoms with van der Waals surface area (Å²) in [5.41, 5.74) is 5.73. The summed E-state index contributed by atoms with van der Waals surface area (Å²) in [6.07, 6.45) is 1.10. The molecule has 37 heavy (non-hydrogen) atoms. The van der Waals surface area contributed by atoms with E-state index in [2.05, 4.69) is 44.3 Å². The van der Waals surface area contributed by atoms with Gasteiger partial charge in [-0.2, -0.15) is 0 Å². The highest BCUT2D eigenvalue weighted by molar-refractivity contribution is 7.92. The molecular weight excluding hydrogens is 486 g/mol. The lowest BCUT2D eigenvalue weighted by Crippen LogP contribution is -2.43. The minimum absolute atomic E-state index is 0.246. The molecule has 0 aliphatic carbocycles. The van der Waals surface area contributed by atoms with E-state index in [-0.39, 0.29) is 5.91 Å². The number of hydrogen-bond acceptors (Lipinski definition) is 6. The number of hydrogen-bond donors (Lipinski definition) is 3. The number of piperazine rings is 1. The van der Waals surface area contributed by atoms with Crippen molar-refractivity contribution in [1.29, 1.82) is 0 Å². The van der Waals surface area contributed by atoms with Crippen LogP contribution in [-0.4, -0.2) is 63.6 Å². The largest absolute Gasteiger partial charge is 0.354 e. The Balaban J connectivity index is 1.47. The molecule has 0 aromatic heterocycles. The number of carbonyl (C=O) groups is 1. The van der Waals surface area contributed by atoms with Gasteiger partial charge in [-0.1, -0.05) is 42.5 Å². The lowest BCUT2D eigenvalue weighted by atomic mass is 9.99. The second-order valence-corrected chi connectivity index (χ2v) is 11.4. The number of carbonyl (C=O) groups excluding carboxylic acids is 1. The molecule has 9 heteroatoms. The Hall–Kier alpha value is -3.66. The zero-order chi connectivity index (χ0) is 26.0. The van der Waals surface area contributed by atoms with Crippen LogP contribution in [0.5, 0.6) is 0 Å². The highest BCUT2D eigenvalue weighted by Gasteiger charge is 2.29. The molecule has 3 N–H and O–H groups in total. The maximum atomic E-state index is 13.2. The van der Waals surface area contributed by atoms with Crippen molar-refractivity contribution in [2.24, 2.45) is 0 Å². The number of nitrogens with one attached hydrogen (secondary N) is 3. The average Bonchev–Trinajstić information content (AvgIpc) is 3.19. The third kappa shape index (κ3) is 6.02. The number of nitrogens with zero attached hydrogens (tertiary/aromatic N) is 2. The Morgan fingerprint density at radius 2 is 1.59 bits per heavy atom. The molecule has 5 rings (SSSR count). The molecule has 0 radical (unpaired) electrons. The Bertz CT molecular complexity index is 1430. The van der Waals surface area contributed by atoms with E-state index in [1.165, 1.54) is 5.56 Å². The molecule has 0 saturated carbocycles. The van der Waals surface area contributed by atoms with E-state index in [4.69, 9.17) is 0 Å². The van der Waals surface area contributed by atoms with Crippen LogP contribution < -0.4 is 15.4 Å². The molecule has 0 bridgehead atoms. The summed E-state index contributed by atoms with van der Waals surface area (Å²) in [5.74, 6) is -0.246. The first-order chi connectivity index (χ1) is 17.7. The second-order valence-electron chi connectivity index (χ2n) is 9.61. The summed E-state index contributed by atoms with van der Waals surface area (Å²) < 4.78 is 26.1. The Kier molecular flexibility index (Phi) is 7.01. The topological polar surface area (TPSA) is 93.8 Å². The van der Waals surface area contributed by atoms with E-state index in [9.17, 15) is 13.2 Å². The van der Waals surface area contributed by atoms with Crippen LogP contribution in [0.3, 0.4) is 0 Å². The average molecular weight is 518 g/mol. The smallest absolute Gasteiger partial charge is 0.258 e. The fourth-order valence-corrected chi connectivity index (χ4v) is 5.23. The summed E-state index contributed by atoms with van der Waals surface area (Å²) in [4.78, 5) is 18.0. The fourth-order valence-electron chi connectivity index (χ4n) is 4.68. The van der Waals surface area contributed by atoms with Gasteiger partial charge in [0.25, 0.3) is 5.91 Å². The van der Waals surface area contributed by atoms with Gasteiger partial charge in [-0.05, 0) is 48.5 Å². The molecule has 1 fully saturated rings. The minimum Gasteiger partial charge on any atom is -0.354 e. The zero-order valence-corrected chi connectivity index (χ0v) is 21.8. The van der Waals surface area contributed by atoms with Crippen molar-refractivity contribution in [2.45, 2.75) is 6.54 Å². The Morgan fingerprint density at radius 3 is 2.27 bits per heavy atom. The summed E-state index contributed by atoms with van der Waals surface area (Å²) in [6.45, 7) is 5.20. The summed E-state index contributed by atoms with van der Waals surface area (Å²) in [7, 11) is -1.30. The Labute approximate surface area is 218 Å². The number of amides is 1. The van der Waals surface area contributed by atoms with Gasteiger partial charge in [-0.25, -0.2) is 8.42 Å². The van der Waals surface area contributed by atoms with Crippen LogP contribution in [0.4, 0.5) is 17.1 Å². The van der Waals surface area contributed by atoms with Crippen molar-refractivity contribution in [3.8, 4) is 0 Å². The van der Waals surface area contributed by atoms with Crippen molar-refractivity contribution < 1.29 is 13.2 Å². The number of anilines is 3. The van der Waals surface area contributed by atoms with Gasteiger partial charge in [-0.3, -0.25) is 14.4 Å². The maximum Gasteiger partial charge on any atom is 0.258 e. The molecule has 8 nitrogen and oxygen atoms in total. The molecule has 3 aromatic rings. The molecule has 0 spiro atoms. The van der Waals surface area contributed by atoms with E-state index in [0.717, 1.165) is 50.2 Å². The molecule has 2 aliphatic heterocycles. The van der Waals surface area contributed by atoms with Crippen LogP contribution in [0.25, 0.3) is 11.3 Å². The van der Waals surface area contributed by atoms with E-state index in [1.54, 1.807) is 18.2 Å². The minimum atomic E-state index is -3.46. The molecule has 3 aromatic carbocycles. The SMILES string of the molecule is CN1CCN(Cc2ccc(N/C(=C3/C(=O)Nc4ccc(NS(C)(=O)=O)cc43)c3ccccc3)cc2)CC1. The molecule has 1 amide bonds. The second kappa shape index (κ2) is 10.4. The number of likely N-dealkylation sites (N-methyl/N-ethyl adjacent to an activating group) is 1. The van der Waals surface area contributed by atoms with E-state index < -0.39 is 10.0 Å². The molecule has 2 aliphatic rings. The lowest BCUT2D eigenvalue weighted by molar-refractivity contribution is -0.110. The van der Waals surface area contributed by atoms with Gasteiger partial charge in [0.15, 0.2) is 0 Å². The van der Waals surface area contributed by atoms with Gasteiger partial charge < -0.3 is 15.5 Å². The first-order valence-corrected chi connectivity index (χ1v) is 14.1. The van der Waals surface area contributed by atoms with Crippen molar-refractivity contribution in [1.82, 2.24) is 9.80 Å². The van der Waals surface area contributed by atoms with E-state index in [1.807, 2.05) is 42.5 Å². The Morgan fingerprint density at radius 1 is 0.919 bits per heavy atom. The molecule has 0 atom stereocenters. The van der Waals surface area contributed by atoms with Gasteiger partial charge in [0.05, 0.1) is 17.5 Å². The van der Waals surface area contributed by atoms with Crippen molar-refractivity contribution in [3.63, 3.8) is 0 Å². The van der Waals surface area contributed by atoms with Crippen LogP contribution in [0.2, 0.25) is 0 Å². The maximum absolute atomic E-state index is 13.2. The highest BCUT2D eigenvalue weighted by Crippen LogP contribution is 2.39. The zero-order valence-electron chi connectivity index (χ0n) is 21.0. The molecule has 2 heterocycles. The van der Waals surface area contributed by atoms with Crippen LogP contribution in [-0.2, 0) is 21.4 Å². The van der Waals surface area contributed by atoms with E-state index >= 15 is 0 Å². The van der Waals surface area contributed by atoms with Crippen LogP contribution in [0.1, 0.15) is 16.7 Å². The molecule has 0 unspecified atom stereocenters. The molecule has 1 saturated heterocycles. The fraction of sp³-hybridized carbons (Fsp3) is 0.250. The van der Waals surface area contributed by atoms with Crippen molar-refractivity contribution in [3.05, 3.63) is 89.5 Å². The van der Waals surface area contributed by atoms with Crippen LogP contribution in [0, 0.1) is 0 Å². The van der Waals surface area contributed by atoms with Gasteiger partial charge in [0, 0.05) is 55.3 Å². The summed E-state index contributed by atoms with van der Waals surface area (Å²) in [6, 6.07) is 23.0. The van der Waals surface area contributed by atoms with Crippen molar-refractivity contribution >= 4 is 44.3 Å². The van der Waals surface area contributed by atoms with Gasteiger partial charge in [0.2, 0.25) is 10.0 Å². The van der Waals surface area contributed by atoms with Crippen LogP contribution in [0.15, 0.2) is 72.8 Å². The monoisotopic (exact) mass is 517 g/mol. The van der Waals surface area contributed by atoms with Crippen molar-refractivity contribution in [2.75, 3.05) is 54.8 Å². The van der Waals surface area contributed by atoms with E-state index in [0.29, 0.717) is 28.2 Å². The number of fused-ring (bicyclic) bond motifs is 1. The third-order valence-electron chi connectivity index (χ3n) is 6.61. The third-order valence-corrected chi connectivity index (χ3v) is 7.21. The molecule has 192 valence electrons. The lowest BCUT2D eigenvalue weighted by Gasteiger charge is -2.32. The van der Waals surface area contributed by atoms with Gasteiger partial charge in [0.1, 0.15) is 0 Å². The first kappa shape index (κ1) is 25.0. The van der Waals surface area contributed by atoms with Crippen LogP contribution >= 0.6 is 0 Å². The number of sulfonamides is 1. The molecular formula is C28H31N5O3S. The predicted octanol–water partition coefficient (Wildman–Crippen LogP) is 3.74. The summed E-state index contributed by atoms with van der Waals surface area (Å²) in [5, 5.41) is 6.38. The normalized spacial score (nSPS) is 17.7. The predicted molar refractivity (Wildman–Crippen MR) is 150 cm³/mol. The number of benzene rings is 3. The summed E-state index contributed by atoms with van der Waals surface area (Å²) >= 11 is 0. The first-order valence-electron chi connectivity index (χ1n) is 12.3. The quantitative estimate of drug-likeness (QED) is 0.414. The standard InChI is InChI=1S/C28H31N5O3S/c1-32-14-16-33(17-15-32)19-20-8-10-22(11-9-20)29-27(21-6-4-3-5-7-21)26-24-18-23(31-37(2,35)36)12-13-25(24)30-28(26)34/h3-13,18,29,31H,14-17,19H2,1-2H3,(H,30,34)/b27-26+. The van der Waals surface area contributed by atoms with Gasteiger partial charge in [-0.15, -0.1) is 0 Å².